The first kappa shape index (κ1) is 12.7. The molecule has 2 aromatic carbocycles. The summed E-state index contributed by atoms with van der Waals surface area (Å²) in [5.41, 5.74) is 5.75. The third-order valence-electron chi connectivity index (χ3n) is 3.83. The van der Waals surface area contributed by atoms with Crippen molar-refractivity contribution in [1.29, 1.82) is 0 Å². The van der Waals surface area contributed by atoms with Crippen molar-refractivity contribution in [1.82, 2.24) is 5.43 Å². The molecule has 110 valence electrons. The number of rotatable bonds is 2. The van der Waals surface area contributed by atoms with E-state index in [4.69, 9.17) is 4.74 Å². The van der Waals surface area contributed by atoms with E-state index >= 15 is 0 Å². The first-order chi connectivity index (χ1) is 10.8. The Balaban J connectivity index is 1.77. The van der Waals surface area contributed by atoms with Crippen molar-refractivity contribution in [2.75, 3.05) is 17.3 Å². The van der Waals surface area contributed by atoms with E-state index in [1.807, 2.05) is 53.4 Å². The maximum Gasteiger partial charge on any atom is 0.293 e. The minimum Gasteiger partial charge on any atom is -0.497 e. The molecule has 0 saturated carbocycles. The number of benzene rings is 2. The second-order valence-corrected chi connectivity index (χ2v) is 5.08. The van der Waals surface area contributed by atoms with Gasteiger partial charge in [-0.15, -0.1) is 0 Å². The van der Waals surface area contributed by atoms with Gasteiger partial charge in [-0.25, -0.2) is 0 Å². The number of fused-ring (bicyclic) bond motifs is 3. The number of anilines is 2. The van der Waals surface area contributed by atoms with E-state index in [0.29, 0.717) is 5.84 Å². The summed E-state index contributed by atoms with van der Waals surface area (Å²) in [5.74, 6) is 0.960. The third-order valence-corrected chi connectivity index (χ3v) is 3.83. The van der Waals surface area contributed by atoms with Gasteiger partial charge in [0.05, 0.1) is 18.5 Å². The SMILES string of the molecule is COc1ccc(C2NN=C3C(=O)Nc4ccccc4N32)cc1. The number of amidine groups is 1. The Bertz CT molecular complexity index is 770. The normalized spacial score (nSPS) is 18.8. The van der Waals surface area contributed by atoms with Gasteiger partial charge in [0.1, 0.15) is 11.9 Å². The number of hydrazone groups is 1. The molecule has 6 nitrogen and oxygen atoms in total. The van der Waals surface area contributed by atoms with Gasteiger partial charge in [-0.1, -0.05) is 24.3 Å². The highest BCUT2D eigenvalue weighted by molar-refractivity contribution is 6.49. The fraction of sp³-hybridized carbons (Fsp3) is 0.125. The zero-order valence-corrected chi connectivity index (χ0v) is 11.9. The molecule has 4 rings (SSSR count). The monoisotopic (exact) mass is 294 g/mol. The highest BCUT2D eigenvalue weighted by atomic mass is 16.5. The maximum absolute atomic E-state index is 12.2. The fourth-order valence-corrected chi connectivity index (χ4v) is 2.75. The molecular formula is C16H14N4O2. The van der Waals surface area contributed by atoms with Crippen LogP contribution < -0.4 is 20.4 Å². The predicted octanol–water partition coefficient (Wildman–Crippen LogP) is 2.07. The van der Waals surface area contributed by atoms with Crippen LogP contribution in [0.4, 0.5) is 11.4 Å². The number of carbonyl (C=O) groups excluding carboxylic acids is 1. The van der Waals surface area contributed by atoms with E-state index in [0.717, 1.165) is 22.7 Å². The van der Waals surface area contributed by atoms with E-state index in [9.17, 15) is 4.79 Å². The van der Waals surface area contributed by atoms with Crippen molar-refractivity contribution in [3.8, 4) is 5.75 Å². The minimum absolute atomic E-state index is 0.206. The number of para-hydroxylation sites is 2. The third kappa shape index (κ3) is 1.81. The van der Waals surface area contributed by atoms with Crippen molar-refractivity contribution in [2.24, 2.45) is 5.10 Å². The van der Waals surface area contributed by atoms with Crippen molar-refractivity contribution in [3.05, 3.63) is 54.1 Å². The lowest BCUT2D eigenvalue weighted by atomic mass is 10.1. The summed E-state index contributed by atoms with van der Waals surface area (Å²) in [6.45, 7) is 0. The molecule has 2 aliphatic heterocycles. The molecule has 0 radical (unpaired) electrons. The fourth-order valence-electron chi connectivity index (χ4n) is 2.75. The van der Waals surface area contributed by atoms with Gasteiger partial charge in [-0.2, -0.15) is 5.10 Å². The van der Waals surface area contributed by atoms with Gasteiger partial charge in [0.25, 0.3) is 5.91 Å². The topological polar surface area (TPSA) is 66.0 Å². The van der Waals surface area contributed by atoms with E-state index in [2.05, 4.69) is 15.8 Å². The molecule has 0 aliphatic carbocycles. The summed E-state index contributed by atoms with van der Waals surface area (Å²) in [7, 11) is 1.63. The first-order valence-electron chi connectivity index (χ1n) is 6.95. The van der Waals surface area contributed by atoms with Crippen molar-refractivity contribution in [3.63, 3.8) is 0 Å². The molecule has 0 bridgehead atoms. The van der Waals surface area contributed by atoms with E-state index in [-0.39, 0.29) is 12.1 Å². The lowest BCUT2D eigenvalue weighted by Crippen LogP contribution is -2.43. The van der Waals surface area contributed by atoms with Crippen LogP contribution in [0.15, 0.2) is 53.6 Å². The summed E-state index contributed by atoms with van der Waals surface area (Å²) >= 11 is 0. The number of carbonyl (C=O) groups is 1. The van der Waals surface area contributed by atoms with Gasteiger partial charge in [0.15, 0.2) is 0 Å². The van der Waals surface area contributed by atoms with Crippen LogP contribution in [0.5, 0.6) is 5.75 Å². The Kier molecular flexibility index (Phi) is 2.75. The summed E-state index contributed by atoms with van der Waals surface area (Å²) < 4.78 is 5.18. The first-order valence-corrected chi connectivity index (χ1v) is 6.95. The van der Waals surface area contributed by atoms with Crippen molar-refractivity contribution < 1.29 is 9.53 Å². The number of nitrogens with one attached hydrogen (secondary N) is 2. The largest absolute Gasteiger partial charge is 0.497 e. The van der Waals surface area contributed by atoms with Crippen molar-refractivity contribution in [2.45, 2.75) is 6.17 Å². The summed E-state index contributed by atoms with van der Waals surface area (Å²) in [6.07, 6.45) is -0.215. The molecule has 0 aromatic heterocycles. The molecule has 1 atom stereocenters. The second-order valence-electron chi connectivity index (χ2n) is 5.08. The lowest BCUT2D eigenvalue weighted by Gasteiger charge is -2.32. The van der Waals surface area contributed by atoms with Gasteiger partial charge >= 0.3 is 0 Å². The molecule has 1 unspecified atom stereocenters. The summed E-state index contributed by atoms with van der Waals surface area (Å²) in [5, 5.41) is 7.04. The van der Waals surface area contributed by atoms with Gasteiger partial charge in [0.2, 0.25) is 5.84 Å². The summed E-state index contributed by atoms with van der Waals surface area (Å²) in [6, 6.07) is 15.4. The van der Waals surface area contributed by atoms with Gasteiger partial charge < -0.3 is 10.1 Å². The average molecular weight is 294 g/mol. The zero-order chi connectivity index (χ0) is 15.1. The smallest absolute Gasteiger partial charge is 0.293 e. The van der Waals surface area contributed by atoms with Crippen LogP contribution in [-0.2, 0) is 4.79 Å². The molecule has 2 N–H and O–H groups in total. The average Bonchev–Trinajstić information content (AvgIpc) is 3.01. The van der Waals surface area contributed by atoms with Crippen LogP contribution in [0.1, 0.15) is 11.7 Å². The molecule has 22 heavy (non-hydrogen) atoms. The standard InChI is InChI=1S/C16H14N4O2/c1-22-11-8-6-10(7-9-11)14-18-19-15-16(21)17-12-4-2-3-5-13(12)20(14)15/h2-9,14,18H,1H3,(H,17,21). The zero-order valence-electron chi connectivity index (χ0n) is 11.9. The number of nitrogens with zero attached hydrogens (tertiary/aromatic N) is 2. The Labute approximate surface area is 127 Å². The lowest BCUT2D eigenvalue weighted by molar-refractivity contribution is -0.110. The molecule has 6 heteroatoms. The quantitative estimate of drug-likeness (QED) is 0.890. The Morgan fingerprint density at radius 1 is 1.14 bits per heavy atom. The molecule has 0 saturated heterocycles. The highest BCUT2D eigenvalue weighted by Gasteiger charge is 2.38. The van der Waals surface area contributed by atoms with Gasteiger partial charge in [-0.3, -0.25) is 15.1 Å². The van der Waals surface area contributed by atoms with E-state index < -0.39 is 0 Å². The molecular weight excluding hydrogens is 280 g/mol. The van der Waals surface area contributed by atoms with Crippen LogP contribution in [0.25, 0.3) is 0 Å². The van der Waals surface area contributed by atoms with Gasteiger partial charge in [0, 0.05) is 0 Å². The molecule has 0 spiro atoms. The number of ether oxygens (including phenoxy) is 1. The van der Waals surface area contributed by atoms with Crippen LogP contribution >= 0.6 is 0 Å². The van der Waals surface area contributed by atoms with Crippen LogP contribution in [-0.4, -0.2) is 18.9 Å². The van der Waals surface area contributed by atoms with Crippen LogP contribution in [0.2, 0.25) is 0 Å². The van der Waals surface area contributed by atoms with Gasteiger partial charge in [-0.05, 0) is 29.8 Å². The predicted molar refractivity (Wildman–Crippen MR) is 83.9 cm³/mol. The maximum atomic E-state index is 12.2. The number of amides is 1. The molecule has 2 aromatic rings. The van der Waals surface area contributed by atoms with Crippen molar-refractivity contribution >= 4 is 23.1 Å². The van der Waals surface area contributed by atoms with E-state index in [1.54, 1.807) is 7.11 Å². The molecule has 1 amide bonds. The molecule has 2 aliphatic rings. The summed E-state index contributed by atoms with van der Waals surface area (Å²) in [4.78, 5) is 14.1. The number of hydrogen-bond donors (Lipinski definition) is 2. The second kappa shape index (κ2) is 4.77. The Morgan fingerprint density at radius 3 is 2.68 bits per heavy atom. The number of methoxy groups -OCH3 is 1. The highest BCUT2D eigenvalue weighted by Crippen LogP contribution is 2.37. The van der Waals surface area contributed by atoms with Crippen LogP contribution in [0.3, 0.4) is 0 Å². The Hall–Kier alpha value is -3.02. The number of hydrogen-bond acceptors (Lipinski definition) is 5. The van der Waals surface area contributed by atoms with Crippen LogP contribution in [0, 0.1) is 0 Å². The molecule has 2 heterocycles. The molecule has 0 fully saturated rings. The Morgan fingerprint density at radius 2 is 1.91 bits per heavy atom. The van der Waals surface area contributed by atoms with E-state index in [1.165, 1.54) is 0 Å². The minimum atomic E-state index is -0.215.